The standard InChI is InChI=1S/C20H38N6/c1-4-21-20(23-10-7-13-26-14-8-11-24-26)22-9-5-6-12-25-16-18(2)15-19(3)17-25/h8,11,14,18-19H,4-7,9-10,12-13,15-17H2,1-3H3,(H2,21,22,23). The number of aliphatic imine (C=N–C) groups is 1. The highest BCUT2D eigenvalue weighted by Gasteiger charge is 2.20. The molecule has 2 heterocycles. The zero-order valence-electron chi connectivity index (χ0n) is 17.0. The molecule has 1 aliphatic heterocycles. The summed E-state index contributed by atoms with van der Waals surface area (Å²) >= 11 is 0. The van der Waals surface area contributed by atoms with Gasteiger partial charge in [0, 0.05) is 51.7 Å². The van der Waals surface area contributed by atoms with Crippen molar-refractivity contribution in [1.82, 2.24) is 25.3 Å². The molecule has 1 aromatic rings. The van der Waals surface area contributed by atoms with Gasteiger partial charge in [0.05, 0.1) is 0 Å². The second kappa shape index (κ2) is 11.9. The molecule has 0 spiro atoms. The first-order valence-electron chi connectivity index (χ1n) is 10.4. The van der Waals surface area contributed by atoms with Crippen LogP contribution in [0.3, 0.4) is 0 Å². The highest BCUT2D eigenvalue weighted by Crippen LogP contribution is 2.20. The number of hydrogen-bond acceptors (Lipinski definition) is 3. The number of hydrogen-bond donors (Lipinski definition) is 2. The third-order valence-corrected chi connectivity index (χ3v) is 4.86. The Morgan fingerprint density at radius 3 is 2.62 bits per heavy atom. The molecule has 1 fully saturated rings. The van der Waals surface area contributed by atoms with Crippen molar-refractivity contribution in [2.75, 3.05) is 39.3 Å². The highest BCUT2D eigenvalue weighted by molar-refractivity contribution is 5.79. The molecule has 1 aliphatic rings. The number of guanidine groups is 1. The number of likely N-dealkylation sites (tertiary alicyclic amines) is 1. The summed E-state index contributed by atoms with van der Waals surface area (Å²) in [6.07, 6.45) is 8.66. The molecule has 6 heteroatoms. The summed E-state index contributed by atoms with van der Waals surface area (Å²) in [5, 5.41) is 11.0. The molecule has 0 saturated carbocycles. The van der Waals surface area contributed by atoms with Gasteiger partial charge in [-0.3, -0.25) is 9.67 Å². The van der Waals surface area contributed by atoms with Gasteiger partial charge < -0.3 is 15.5 Å². The van der Waals surface area contributed by atoms with E-state index in [0.29, 0.717) is 0 Å². The monoisotopic (exact) mass is 362 g/mol. The molecule has 148 valence electrons. The van der Waals surface area contributed by atoms with Gasteiger partial charge in [-0.2, -0.15) is 5.10 Å². The summed E-state index contributed by atoms with van der Waals surface area (Å²) in [5.41, 5.74) is 0. The van der Waals surface area contributed by atoms with Crippen molar-refractivity contribution in [3.8, 4) is 0 Å². The molecule has 1 saturated heterocycles. The Hall–Kier alpha value is -1.56. The summed E-state index contributed by atoms with van der Waals surface area (Å²) in [6, 6.07) is 1.96. The molecule has 0 aliphatic carbocycles. The molecule has 0 bridgehead atoms. The fourth-order valence-corrected chi connectivity index (χ4v) is 3.84. The van der Waals surface area contributed by atoms with Crippen molar-refractivity contribution in [1.29, 1.82) is 0 Å². The molecule has 0 amide bonds. The van der Waals surface area contributed by atoms with Crippen LogP contribution in [0, 0.1) is 11.8 Å². The zero-order chi connectivity index (χ0) is 18.6. The molecule has 0 aromatic carbocycles. The lowest BCUT2D eigenvalue weighted by molar-refractivity contribution is 0.139. The minimum atomic E-state index is 0.818. The fraction of sp³-hybridized carbons (Fsp3) is 0.800. The van der Waals surface area contributed by atoms with Gasteiger partial charge in [-0.15, -0.1) is 0 Å². The van der Waals surface area contributed by atoms with Crippen molar-refractivity contribution < 1.29 is 0 Å². The maximum Gasteiger partial charge on any atom is 0.191 e. The molecular formula is C20H38N6. The lowest BCUT2D eigenvalue weighted by Gasteiger charge is -2.34. The average molecular weight is 363 g/mol. The topological polar surface area (TPSA) is 57.5 Å². The summed E-state index contributed by atoms with van der Waals surface area (Å²) < 4.78 is 1.96. The van der Waals surface area contributed by atoms with Crippen LogP contribution in [0.2, 0.25) is 0 Å². The predicted molar refractivity (Wildman–Crippen MR) is 109 cm³/mol. The Balaban J connectivity index is 1.57. The van der Waals surface area contributed by atoms with E-state index in [0.717, 1.165) is 50.4 Å². The van der Waals surface area contributed by atoms with Crippen LogP contribution in [0.25, 0.3) is 0 Å². The van der Waals surface area contributed by atoms with E-state index in [2.05, 4.69) is 46.4 Å². The number of nitrogens with zero attached hydrogens (tertiary/aromatic N) is 4. The number of nitrogens with one attached hydrogen (secondary N) is 2. The van der Waals surface area contributed by atoms with Crippen LogP contribution in [0.1, 0.15) is 46.5 Å². The predicted octanol–water partition coefficient (Wildman–Crippen LogP) is 2.59. The lowest BCUT2D eigenvalue weighted by atomic mass is 9.92. The lowest BCUT2D eigenvalue weighted by Crippen LogP contribution is -2.40. The minimum absolute atomic E-state index is 0.818. The number of rotatable bonds is 10. The molecule has 6 nitrogen and oxygen atoms in total. The van der Waals surface area contributed by atoms with Gasteiger partial charge in [-0.25, -0.2) is 0 Å². The van der Waals surface area contributed by atoms with Gasteiger partial charge in [0.15, 0.2) is 5.96 Å². The van der Waals surface area contributed by atoms with Crippen molar-refractivity contribution in [2.24, 2.45) is 16.8 Å². The first-order chi connectivity index (χ1) is 12.7. The van der Waals surface area contributed by atoms with Crippen molar-refractivity contribution in [2.45, 2.75) is 53.0 Å². The number of aromatic nitrogens is 2. The third kappa shape index (κ3) is 8.21. The molecular weight excluding hydrogens is 324 g/mol. The fourth-order valence-electron chi connectivity index (χ4n) is 3.84. The number of aryl methyl sites for hydroxylation is 1. The number of piperidine rings is 1. The third-order valence-electron chi connectivity index (χ3n) is 4.86. The Bertz CT molecular complexity index is 488. The quantitative estimate of drug-likeness (QED) is 0.382. The molecule has 26 heavy (non-hydrogen) atoms. The van der Waals surface area contributed by atoms with Gasteiger partial charge in [0.2, 0.25) is 0 Å². The van der Waals surface area contributed by atoms with E-state index in [1.807, 2.05) is 23.1 Å². The largest absolute Gasteiger partial charge is 0.357 e. The van der Waals surface area contributed by atoms with E-state index in [1.54, 1.807) is 0 Å². The van der Waals surface area contributed by atoms with Crippen LogP contribution < -0.4 is 10.6 Å². The second-order valence-corrected chi connectivity index (χ2v) is 7.72. The molecule has 2 N–H and O–H groups in total. The molecule has 2 rings (SSSR count). The zero-order valence-corrected chi connectivity index (χ0v) is 17.0. The first kappa shape index (κ1) is 20.7. The minimum Gasteiger partial charge on any atom is -0.357 e. The van der Waals surface area contributed by atoms with Crippen molar-refractivity contribution in [3.63, 3.8) is 0 Å². The molecule has 1 aromatic heterocycles. The van der Waals surface area contributed by atoms with E-state index in [9.17, 15) is 0 Å². The van der Waals surface area contributed by atoms with Crippen LogP contribution >= 0.6 is 0 Å². The van der Waals surface area contributed by atoms with Crippen LogP contribution in [-0.2, 0) is 6.54 Å². The van der Waals surface area contributed by atoms with Gasteiger partial charge in [0.25, 0.3) is 0 Å². The van der Waals surface area contributed by atoms with E-state index in [-0.39, 0.29) is 0 Å². The van der Waals surface area contributed by atoms with E-state index < -0.39 is 0 Å². The Labute approximate surface area is 159 Å². The summed E-state index contributed by atoms with van der Waals surface area (Å²) in [4.78, 5) is 7.31. The number of unbranched alkanes of at least 4 members (excludes halogenated alkanes) is 1. The van der Waals surface area contributed by atoms with Gasteiger partial charge in [0.1, 0.15) is 0 Å². The molecule has 2 unspecified atom stereocenters. The van der Waals surface area contributed by atoms with Crippen molar-refractivity contribution >= 4 is 5.96 Å². The molecule has 2 atom stereocenters. The van der Waals surface area contributed by atoms with Gasteiger partial charge in [-0.05, 0) is 57.1 Å². The summed E-state index contributed by atoms with van der Waals surface area (Å²) in [6.45, 7) is 14.3. The smallest absolute Gasteiger partial charge is 0.191 e. The SMILES string of the molecule is CCNC(=NCCCn1cccn1)NCCCCN1CC(C)CC(C)C1. The van der Waals surface area contributed by atoms with Gasteiger partial charge >= 0.3 is 0 Å². The Morgan fingerprint density at radius 2 is 1.92 bits per heavy atom. The van der Waals surface area contributed by atoms with Crippen LogP contribution in [0.4, 0.5) is 0 Å². The Morgan fingerprint density at radius 1 is 1.12 bits per heavy atom. The van der Waals surface area contributed by atoms with E-state index in [4.69, 9.17) is 0 Å². The van der Waals surface area contributed by atoms with E-state index >= 15 is 0 Å². The summed E-state index contributed by atoms with van der Waals surface area (Å²) in [7, 11) is 0. The van der Waals surface area contributed by atoms with Crippen LogP contribution in [0.15, 0.2) is 23.5 Å². The van der Waals surface area contributed by atoms with Crippen LogP contribution in [0.5, 0.6) is 0 Å². The van der Waals surface area contributed by atoms with Crippen LogP contribution in [-0.4, -0.2) is 59.9 Å². The maximum atomic E-state index is 4.66. The van der Waals surface area contributed by atoms with Crippen molar-refractivity contribution in [3.05, 3.63) is 18.5 Å². The normalized spacial score (nSPS) is 21.7. The maximum absolute atomic E-state index is 4.66. The van der Waals surface area contributed by atoms with E-state index in [1.165, 1.54) is 38.9 Å². The average Bonchev–Trinajstić information content (AvgIpc) is 3.11. The highest BCUT2D eigenvalue weighted by atomic mass is 15.3. The Kier molecular flexibility index (Phi) is 9.53. The molecule has 0 radical (unpaired) electrons. The summed E-state index contributed by atoms with van der Waals surface area (Å²) in [5.74, 6) is 2.64. The van der Waals surface area contributed by atoms with Gasteiger partial charge in [-0.1, -0.05) is 13.8 Å². The second-order valence-electron chi connectivity index (χ2n) is 7.72. The first-order valence-corrected chi connectivity index (χ1v) is 10.4.